The van der Waals surface area contributed by atoms with E-state index in [0.29, 0.717) is 18.0 Å². The Bertz CT molecular complexity index is 604. The van der Waals surface area contributed by atoms with Gasteiger partial charge in [0.25, 0.3) is 0 Å². The van der Waals surface area contributed by atoms with Gasteiger partial charge in [-0.25, -0.2) is 0 Å². The van der Waals surface area contributed by atoms with Gasteiger partial charge in [-0.15, -0.1) is 0 Å². The highest BCUT2D eigenvalue weighted by molar-refractivity contribution is 5.43. The standard InChI is InChI=1S/C19H21N/c1-14-19(15-8-3-2-4-9-15)17-11-6-5-10-16(17)18-12-7-13-20(14)18/h2-6,8-11,14,18-19H,7,12-13H2,1H3/t14-,18-,19-/m0/s1. The van der Waals surface area contributed by atoms with Gasteiger partial charge in [0.05, 0.1) is 0 Å². The molecule has 1 nitrogen and oxygen atoms in total. The Kier molecular flexibility index (Phi) is 2.89. The van der Waals surface area contributed by atoms with Crippen LogP contribution in [0.15, 0.2) is 54.6 Å². The summed E-state index contributed by atoms with van der Waals surface area (Å²) in [5.41, 5.74) is 4.57. The number of nitrogens with zero attached hydrogens (tertiary/aromatic N) is 1. The van der Waals surface area contributed by atoms with Crippen molar-refractivity contribution in [2.24, 2.45) is 0 Å². The molecule has 2 aliphatic heterocycles. The topological polar surface area (TPSA) is 3.24 Å². The Labute approximate surface area is 121 Å². The van der Waals surface area contributed by atoms with Gasteiger partial charge in [-0.2, -0.15) is 0 Å². The lowest BCUT2D eigenvalue weighted by molar-refractivity contribution is 0.160. The first-order valence-electron chi connectivity index (χ1n) is 7.76. The zero-order chi connectivity index (χ0) is 13.5. The van der Waals surface area contributed by atoms with Crippen molar-refractivity contribution >= 4 is 0 Å². The van der Waals surface area contributed by atoms with Crippen molar-refractivity contribution in [2.75, 3.05) is 6.54 Å². The summed E-state index contributed by atoms with van der Waals surface area (Å²) in [6.07, 6.45) is 2.66. The summed E-state index contributed by atoms with van der Waals surface area (Å²) in [5.74, 6) is 0.516. The minimum Gasteiger partial charge on any atom is -0.293 e. The molecule has 0 N–H and O–H groups in total. The van der Waals surface area contributed by atoms with Gasteiger partial charge in [0.2, 0.25) is 0 Å². The van der Waals surface area contributed by atoms with Gasteiger partial charge < -0.3 is 0 Å². The highest BCUT2D eigenvalue weighted by Crippen LogP contribution is 2.47. The summed E-state index contributed by atoms with van der Waals surface area (Å²) in [6.45, 7) is 3.66. The van der Waals surface area contributed by atoms with Crippen LogP contribution in [0.1, 0.15) is 48.4 Å². The van der Waals surface area contributed by atoms with Crippen LogP contribution in [-0.4, -0.2) is 17.5 Å². The number of rotatable bonds is 1. The van der Waals surface area contributed by atoms with E-state index < -0.39 is 0 Å². The maximum Gasteiger partial charge on any atom is 0.0354 e. The minimum absolute atomic E-state index is 0.516. The first-order valence-corrected chi connectivity index (χ1v) is 7.76. The molecule has 0 amide bonds. The van der Waals surface area contributed by atoms with E-state index in [-0.39, 0.29) is 0 Å². The molecule has 0 spiro atoms. The van der Waals surface area contributed by atoms with E-state index in [4.69, 9.17) is 0 Å². The third kappa shape index (κ3) is 1.73. The van der Waals surface area contributed by atoms with E-state index >= 15 is 0 Å². The Morgan fingerprint density at radius 1 is 0.900 bits per heavy atom. The van der Waals surface area contributed by atoms with Crippen LogP contribution < -0.4 is 0 Å². The second-order valence-corrected chi connectivity index (χ2v) is 6.15. The Balaban J connectivity index is 1.88. The smallest absolute Gasteiger partial charge is 0.0354 e. The van der Waals surface area contributed by atoms with Gasteiger partial charge in [-0.3, -0.25) is 4.90 Å². The Hall–Kier alpha value is -1.60. The molecule has 1 saturated heterocycles. The molecule has 4 rings (SSSR count). The van der Waals surface area contributed by atoms with Gasteiger partial charge in [0.1, 0.15) is 0 Å². The maximum absolute atomic E-state index is 2.72. The largest absolute Gasteiger partial charge is 0.293 e. The van der Waals surface area contributed by atoms with Gasteiger partial charge in [-0.1, -0.05) is 54.6 Å². The van der Waals surface area contributed by atoms with Crippen molar-refractivity contribution < 1.29 is 0 Å². The Morgan fingerprint density at radius 2 is 1.60 bits per heavy atom. The number of fused-ring (bicyclic) bond motifs is 3. The molecule has 2 heterocycles. The van der Waals surface area contributed by atoms with Gasteiger partial charge in [0.15, 0.2) is 0 Å². The highest BCUT2D eigenvalue weighted by atomic mass is 15.2. The van der Waals surface area contributed by atoms with Crippen molar-refractivity contribution in [3.8, 4) is 0 Å². The molecule has 0 unspecified atom stereocenters. The zero-order valence-electron chi connectivity index (χ0n) is 12.0. The number of hydrogen-bond acceptors (Lipinski definition) is 1. The van der Waals surface area contributed by atoms with E-state index in [1.807, 2.05) is 0 Å². The average molecular weight is 263 g/mol. The molecule has 0 saturated carbocycles. The predicted molar refractivity (Wildman–Crippen MR) is 82.9 cm³/mol. The predicted octanol–water partition coefficient (Wildman–Crippen LogP) is 4.36. The monoisotopic (exact) mass is 263 g/mol. The van der Waals surface area contributed by atoms with Crippen LogP contribution in [0.25, 0.3) is 0 Å². The second-order valence-electron chi connectivity index (χ2n) is 6.15. The summed E-state index contributed by atoms with van der Waals surface area (Å²) < 4.78 is 0. The van der Waals surface area contributed by atoms with Gasteiger partial charge in [-0.05, 0) is 43.0 Å². The van der Waals surface area contributed by atoms with Gasteiger partial charge >= 0.3 is 0 Å². The minimum atomic E-state index is 0.516. The number of benzene rings is 2. The molecule has 2 aliphatic rings. The second kappa shape index (κ2) is 4.75. The zero-order valence-corrected chi connectivity index (χ0v) is 12.0. The summed E-state index contributed by atoms with van der Waals surface area (Å²) in [5, 5.41) is 0. The highest BCUT2D eigenvalue weighted by Gasteiger charge is 2.40. The molecule has 3 atom stereocenters. The summed E-state index contributed by atoms with van der Waals surface area (Å²) >= 11 is 0. The van der Waals surface area contributed by atoms with Crippen molar-refractivity contribution in [3.05, 3.63) is 71.3 Å². The van der Waals surface area contributed by atoms with Crippen LogP contribution in [0.2, 0.25) is 0 Å². The van der Waals surface area contributed by atoms with E-state index in [2.05, 4.69) is 66.4 Å². The Morgan fingerprint density at radius 3 is 2.40 bits per heavy atom. The molecule has 1 fully saturated rings. The van der Waals surface area contributed by atoms with E-state index in [9.17, 15) is 0 Å². The van der Waals surface area contributed by atoms with Crippen molar-refractivity contribution in [2.45, 2.75) is 37.8 Å². The van der Waals surface area contributed by atoms with Crippen LogP contribution in [0.5, 0.6) is 0 Å². The third-order valence-corrected chi connectivity index (χ3v) is 5.15. The van der Waals surface area contributed by atoms with Crippen molar-refractivity contribution in [1.82, 2.24) is 4.90 Å². The summed E-state index contributed by atoms with van der Waals surface area (Å²) in [7, 11) is 0. The molecule has 2 aromatic rings. The van der Waals surface area contributed by atoms with Crippen LogP contribution >= 0.6 is 0 Å². The van der Waals surface area contributed by atoms with E-state index in [1.165, 1.54) is 24.9 Å². The molecule has 20 heavy (non-hydrogen) atoms. The van der Waals surface area contributed by atoms with Crippen LogP contribution in [-0.2, 0) is 0 Å². The summed E-state index contributed by atoms with van der Waals surface area (Å²) in [6, 6.07) is 21.4. The van der Waals surface area contributed by atoms with Gasteiger partial charge in [0, 0.05) is 18.0 Å². The fourth-order valence-electron chi connectivity index (χ4n) is 4.28. The first kappa shape index (κ1) is 12.2. The van der Waals surface area contributed by atoms with Crippen LogP contribution in [0.3, 0.4) is 0 Å². The molecule has 0 bridgehead atoms. The first-order chi connectivity index (χ1) is 9.86. The van der Waals surface area contributed by atoms with Crippen molar-refractivity contribution in [3.63, 3.8) is 0 Å². The fourth-order valence-corrected chi connectivity index (χ4v) is 4.28. The molecule has 1 heteroatoms. The molecule has 2 aromatic carbocycles. The lowest BCUT2D eigenvalue weighted by atomic mass is 9.77. The maximum atomic E-state index is 2.72. The van der Waals surface area contributed by atoms with Crippen LogP contribution in [0, 0.1) is 0 Å². The summed E-state index contributed by atoms with van der Waals surface area (Å²) in [4.78, 5) is 2.72. The normalized spacial score (nSPS) is 28.9. The molecular formula is C19H21N. The van der Waals surface area contributed by atoms with Crippen LogP contribution in [0.4, 0.5) is 0 Å². The molecular weight excluding hydrogens is 242 g/mol. The lowest BCUT2D eigenvalue weighted by Crippen LogP contribution is -2.42. The molecule has 0 aliphatic carbocycles. The molecule has 0 aromatic heterocycles. The van der Waals surface area contributed by atoms with E-state index in [0.717, 1.165) is 0 Å². The number of hydrogen-bond donors (Lipinski definition) is 0. The molecule has 0 radical (unpaired) electrons. The van der Waals surface area contributed by atoms with Crippen molar-refractivity contribution in [1.29, 1.82) is 0 Å². The average Bonchev–Trinajstić information content (AvgIpc) is 2.99. The third-order valence-electron chi connectivity index (χ3n) is 5.15. The molecule has 102 valence electrons. The lowest BCUT2D eigenvalue weighted by Gasteiger charge is -2.43. The SMILES string of the molecule is C[C@H]1[C@@H](c2ccccc2)c2ccccc2[C@@H]2CCCN21. The fraction of sp³-hybridized carbons (Fsp3) is 0.368. The van der Waals surface area contributed by atoms with E-state index in [1.54, 1.807) is 11.1 Å². The quantitative estimate of drug-likeness (QED) is 0.739.